The number of carboxylic acids is 1. The van der Waals surface area contributed by atoms with Crippen molar-refractivity contribution in [2.45, 2.75) is 79.2 Å². The monoisotopic (exact) mass is 603 g/mol. The van der Waals surface area contributed by atoms with Gasteiger partial charge in [-0.25, -0.2) is 9.18 Å². The summed E-state index contributed by atoms with van der Waals surface area (Å²) in [6, 6.07) is 6.74. The van der Waals surface area contributed by atoms with Crippen molar-refractivity contribution in [2.75, 3.05) is 19.8 Å². The number of hydrogen-bond acceptors (Lipinski definition) is 6. The lowest BCUT2D eigenvalue weighted by Gasteiger charge is -2.31. The molecule has 8 nitrogen and oxygen atoms in total. The number of amides is 1. The molecule has 3 aliphatic heterocycles. The number of rotatable bonds is 5. The second-order valence-corrected chi connectivity index (χ2v) is 12.7. The summed E-state index contributed by atoms with van der Waals surface area (Å²) in [5.41, 5.74) is 6.32. The highest BCUT2D eigenvalue weighted by Gasteiger charge is 2.38. The Bertz CT molecular complexity index is 1690. The van der Waals surface area contributed by atoms with Gasteiger partial charge < -0.3 is 29.0 Å². The lowest BCUT2D eigenvalue weighted by Crippen LogP contribution is -2.29. The van der Waals surface area contributed by atoms with Gasteiger partial charge in [-0.1, -0.05) is 6.07 Å². The predicted octanol–water partition coefficient (Wildman–Crippen LogP) is 6.61. The lowest BCUT2D eigenvalue weighted by atomic mass is 9.81. The van der Waals surface area contributed by atoms with Crippen molar-refractivity contribution < 1.29 is 38.0 Å². The summed E-state index contributed by atoms with van der Waals surface area (Å²) >= 11 is 0. The first-order valence-corrected chi connectivity index (χ1v) is 15.1. The van der Waals surface area contributed by atoms with E-state index in [1.807, 2.05) is 41.5 Å². The average Bonchev–Trinajstić information content (AvgIpc) is 3.45. The van der Waals surface area contributed by atoms with E-state index in [1.54, 1.807) is 23.1 Å². The van der Waals surface area contributed by atoms with E-state index in [-0.39, 0.29) is 18.2 Å². The fourth-order valence-electron chi connectivity index (χ4n) is 6.76. The predicted molar refractivity (Wildman–Crippen MR) is 162 cm³/mol. The molecule has 0 bridgehead atoms. The Kier molecular flexibility index (Phi) is 7.56. The molecule has 0 saturated carbocycles. The van der Waals surface area contributed by atoms with E-state index in [9.17, 15) is 14.7 Å². The van der Waals surface area contributed by atoms with Crippen molar-refractivity contribution in [2.24, 2.45) is 0 Å². The summed E-state index contributed by atoms with van der Waals surface area (Å²) in [6.07, 6.45) is 0.117. The molecule has 1 N–H and O–H groups in total. The molecule has 44 heavy (non-hydrogen) atoms. The molecule has 0 spiro atoms. The highest BCUT2D eigenvalue weighted by atomic mass is 19.1. The molecule has 3 aromatic carbocycles. The Hall–Kier alpha value is -4.11. The van der Waals surface area contributed by atoms with E-state index < -0.39 is 23.5 Å². The summed E-state index contributed by atoms with van der Waals surface area (Å²) in [7, 11) is 0. The molecule has 232 valence electrons. The van der Waals surface area contributed by atoms with Gasteiger partial charge in [0.1, 0.15) is 13.2 Å². The van der Waals surface area contributed by atoms with Gasteiger partial charge in [-0.05, 0) is 112 Å². The maximum Gasteiger partial charge on any atom is 0.337 e. The lowest BCUT2D eigenvalue weighted by molar-refractivity contribution is -0.160. The number of aliphatic carboxylic acids is 1. The van der Waals surface area contributed by atoms with Gasteiger partial charge in [0.15, 0.2) is 29.2 Å². The normalized spacial score (nSPS) is 16.2. The molecule has 1 atom stereocenters. The van der Waals surface area contributed by atoms with Crippen LogP contribution in [0.4, 0.5) is 4.39 Å². The molecule has 1 amide bonds. The first kappa shape index (κ1) is 29.9. The first-order chi connectivity index (χ1) is 20.9. The van der Waals surface area contributed by atoms with E-state index in [2.05, 4.69) is 0 Å². The highest BCUT2D eigenvalue weighted by molar-refractivity contribution is 5.98. The largest absolute Gasteiger partial charge is 0.490 e. The number of nitrogens with zero attached hydrogens (tertiary/aromatic N) is 1. The van der Waals surface area contributed by atoms with Crippen molar-refractivity contribution in [1.82, 2.24) is 4.90 Å². The Morgan fingerprint density at radius 1 is 0.932 bits per heavy atom. The van der Waals surface area contributed by atoms with E-state index in [0.717, 1.165) is 39.8 Å². The minimum Gasteiger partial charge on any atom is -0.490 e. The zero-order valence-electron chi connectivity index (χ0n) is 26.1. The molecule has 3 aromatic rings. The number of ether oxygens (including phenoxy) is 4. The number of carboxylic acid groups (broad SMARTS) is 1. The topological polar surface area (TPSA) is 94.5 Å². The van der Waals surface area contributed by atoms with Gasteiger partial charge in [0, 0.05) is 24.2 Å². The minimum absolute atomic E-state index is 0.209. The highest BCUT2D eigenvalue weighted by Crippen LogP contribution is 2.47. The van der Waals surface area contributed by atoms with E-state index in [4.69, 9.17) is 18.9 Å². The summed E-state index contributed by atoms with van der Waals surface area (Å²) in [4.78, 5) is 28.6. The molecular weight excluding hydrogens is 565 g/mol. The third-order valence-corrected chi connectivity index (χ3v) is 8.76. The zero-order chi connectivity index (χ0) is 31.5. The van der Waals surface area contributed by atoms with Crippen LogP contribution in [0, 0.1) is 26.6 Å². The van der Waals surface area contributed by atoms with Crippen molar-refractivity contribution in [3.63, 3.8) is 0 Å². The maximum atomic E-state index is 15.6. The summed E-state index contributed by atoms with van der Waals surface area (Å²) in [5.74, 6) is -0.583. The third-order valence-electron chi connectivity index (χ3n) is 8.76. The Balaban J connectivity index is 1.53. The van der Waals surface area contributed by atoms with Crippen LogP contribution in [-0.4, -0.2) is 47.3 Å². The minimum atomic E-state index is -1.32. The first-order valence-electron chi connectivity index (χ1n) is 15.1. The van der Waals surface area contributed by atoms with E-state index >= 15 is 4.39 Å². The second kappa shape index (κ2) is 11.1. The number of carbonyl (C=O) groups excluding carboxylic acids is 1. The van der Waals surface area contributed by atoms with Crippen molar-refractivity contribution >= 4 is 11.9 Å². The fraction of sp³-hybridized carbons (Fsp3) is 0.429. The van der Waals surface area contributed by atoms with Gasteiger partial charge in [-0.2, -0.15) is 0 Å². The Morgan fingerprint density at radius 2 is 1.61 bits per heavy atom. The smallest absolute Gasteiger partial charge is 0.337 e. The molecule has 9 heteroatoms. The zero-order valence-corrected chi connectivity index (χ0v) is 26.1. The third kappa shape index (κ3) is 5.07. The molecule has 3 heterocycles. The van der Waals surface area contributed by atoms with Gasteiger partial charge in [0.2, 0.25) is 0 Å². The van der Waals surface area contributed by atoms with Crippen LogP contribution in [-0.2, 0) is 29.0 Å². The summed E-state index contributed by atoms with van der Waals surface area (Å²) < 4.78 is 39.0. The number of fused-ring (bicyclic) bond motifs is 3. The van der Waals surface area contributed by atoms with Gasteiger partial charge >= 0.3 is 5.97 Å². The number of hydrogen-bond donors (Lipinski definition) is 1. The van der Waals surface area contributed by atoms with Crippen LogP contribution in [0.15, 0.2) is 24.3 Å². The maximum absolute atomic E-state index is 15.6. The number of para-hydroxylation sites is 1. The summed E-state index contributed by atoms with van der Waals surface area (Å²) in [5, 5.41) is 10.5. The van der Waals surface area contributed by atoms with Gasteiger partial charge in [-0.15, -0.1) is 0 Å². The van der Waals surface area contributed by atoms with Gasteiger partial charge in [0.25, 0.3) is 5.91 Å². The quantitative estimate of drug-likeness (QED) is 0.351. The molecule has 0 saturated heterocycles. The molecule has 0 aliphatic carbocycles. The molecular formula is C35H38FNO7. The van der Waals surface area contributed by atoms with E-state index in [1.165, 1.54) is 6.07 Å². The Morgan fingerprint density at radius 3 is 2.32 bits per heavy atom. The molecule has 0 aromatic heterocycles. The van der Waals surface area contributed by atoms with Crippen LogP contribution in [0.3, 0.4) is 0 Å². The van der Waals surface area contributed by atoms with Gasteiger partial charge in [0.05, 0.1) is 17.8 Å². The SMILES string of the molecule is Cc1c(-c2c(C)c3c(c(C)c2[C@H](OC(C)(C)C)C(=O)O)CN(C(=O)c2cccc4c2OCCO4)C3)cc(F)c2c1CCCO2. The van der Waals surface area contributed by atoms with E-state index in [0.29, 0.717) is 66.5 Å². The molecule has 3 aliphatic rings. The van der Waals surface area contributed by atoms with Crippen LogP contribution in [0.2, 0.25) is 0 Å². The van der Waals surface area contributed by atoms with Crippen LogP contribution < -0.4 is 14.2 Å². The van der Waals surface area contributed by atoms with Crippen molar-refractivity contribution in [3.8, 4) is 28.4 Å². The molecule has 0 radical (unpaired) electrons. The number of halogens is 1. The molecule has 6 rings (SSSR count). The van der Waals surface area contributed by atoms with Crippen LogP contribution in [0.25, 0.3) is 11.1 Å². The standard InChI is InChI=1S/C35H38FNO7/c1-18-21-10-8-12-42-30(21)26(36)15-23(18)28-19(2)24-16-37(33(38)22-9-7-11-27-31(22)43-14-13-41-27)17-25(24)20(3)29(28)32(34(39)40)44-35(4,5)6/h7,9,11,15,32H,8,10,12-14,16-17H2,1-6H3,(H,39,40)/t32-/m0/s1. The number of benzene rings is 3. The average molecular weight is 604 g/mol. The van der Waals surface area contributed by atoms with Crippen LogP contribution in [0.5, 0.6) is 17.2 Å². The van der Waals surface area contributed by atoms with Crippen molar-refractivity contribution in [1.29, 1.82) is 0 Å². The van der Waals surface area contributed by atoms with Gasteiger partial charge in [-0.3, -0.25) is 4.79 Å². The van der Waals surface area contributed by atoms with Crippen molar-refractivity contribution in [3.05, 3.63) is 74.6 Å². The number of carbonyl (C=O) groups is 2. The summed E-state index contributed by atoms with van der Waals surface area (Å²) in [6.45, 7) is 13.0. The second-order valence-electron chi connectivity index (χ2n) is 12.7. The molecule has 0 fully saturated rings. The van der Waals surface area contributed by atoms with Crippen LogP contribution >= 0.6 is 0 Å². The van der Waals surface area contributed by atoms with Crippen LogP contribution in [0.1, 0.15) is 82.6 Å². The molecule has 0 unspecified atom stereocenters. The fourth-order valence-corrected chi connectivity index (χ4v) is 6.76. The Labute approximate surface area is 256 Å².